The van der Waals surface area contributed by atoms with Crippen molar-refractivity contribution in [1.82, 2.24) is 14.8 Å². The van der Waals surface area contributed by atoms with Crippen molar-refractivity contribution in [2.75, 3.05) is 19.6 Å². The number of likely N-dealkylation sites (tertiary alicyclic amines) is 2. The number of hydrogen-bond donors (Lipinski definition) is 0. The zero-order chi connectivity index (χ0) is 18.3. The van der Waals surface area contributed by atoms with E-state index in [4.69, 9.17) is 4.42 Å². The first-order valence-electron chi connectivity index (χ1n) is 9.04. The molecule has 0 N–H and O–H groups in total. The molecule has 2 aliphatic rings. The molecule has 136 valence electrons. The van der Waals surface area contributed by atoms with Crippen LogP contribution < -0.4 is 0 Å². The van der Waals surface area contributed by atoms with E-state index >= 15 is 0 Å². The lowest BCUT2D eigenvalue weighted by molar-refractivity contribution is -0.135. The van der Waals surface area contributed by atoms with E-state index in [0.29, 0.717) is 31.0 Å². The van der Waals surface area contributed by atoms with E-state index in [1.165, 1.54) is 0 Å². The standard InChI is InChI=1S/C20H23N3O3/c1-14-11-17(15(2)26-14)18(24)23-10-7-20(13-23)6-9-22(19(20)25)12-16-5-3-4-8-21-16/h3-5,8,11H,6-7,9-10,12-13H2,1-2H3. The molecule has 0 bridgehead atoms. The summed E-state index contributed by atoms with van der Waals surface area (Å²) in [4.78, 5) is 33.9. The van der Waals surface area contributed by atoms with Crippen LogP contribution in [0.15, 0.2) is 34.9 Å². The number of aryl methyl sites for hydroxylation is 2. The molecule has 2 fully saturated rings. The van der Waals surface area contributed by atoms with Crippen molar-refractivity contribution in [3.05, 3.63) is 53.2 Å². The van der Waals surface area contributed by atoms with Crippen LogP contribution in [0.3, 0.4) is 0 Å². The summed E-state index contributed by atoms with van der Waals surface area (Å²) < 4.78 is 5.49. The van der Waals surface area contributed by atoms with E-state index in [2.05, 4.69) is 4.98 Å². The molecule has 4 rings (SSSR count). The first-order valence-corrected chi connectivity index (χ1v) is 9.04. The van der Waals surface area contributed by atoms with Crippen LogP contribution in [0.25, 0.3) is 0 Å². The molecule has 0 aliphatic carbocycles. The highest BCUT2D eigenvalue weighted by molar-refractivity contribution is 5.96. The summed E-state index contributed by atoms with van der Waals surface area (Å²) in [7, 11) is 0. The number of amides is 2. The number of hydrogen-bond acceptors (Lipinski definition) is 4. The maximum absolute atomic E-state index is 13.1. The van der Waals surface area contributed by atoms with Crippen molar-refractivity contribution >= 4 is 11.8 Å². The van der Waals surface area contributed by atoms with E-state index in [1.54, 1.807) is 24.1 Å². The van der Waals surface area contributed by atoms with E-state index in [-0.39, 0.29) is 11.8 Å². The lowest BCUT2D eigenvalue weighted by Gasteiger charge is -2.23. The smallest absolute Gasteiger partial charge is 0.257 e. The van der Waals surface area contributed by atoms with Gasteiger partial charge in [0.1, 0.15) is 11.5 Å². The molecule has 0 saturated carbocycles. The number of carbonyl (C=O) groups is 2. The summed E-state index contributed by atoms with van der Waals surface area (Å²) in [5.41, 5.74) is 1.07. The Balaban J connectivity index is 1.46. The Labute approximate surface area is 152 Å². The SMILES string of the molecule is Cc1cc(C(=O)N2CCC3(CCN(Cc4ccccn4)C3=O)C2)c(C)o1. The van der Waals surface area contributed by atoms with Crippen LogP contribution in [0.4, 0.5) is 0 Å². The van der Waals surface area contributed by atoms with Gasteiger partial charge in [0.15, 0.2) is 0 Å². The number of pyridine rings is 1. The summed E-state index contributed by atoms with van der Waals surface area (Å²) in [5, 5.41) is 0. The van der Waals surface area contributed by atoms with Crippen LogP contribution in [0, 0.1) is 19.3 Å². The molecule has 2 aliphatic heterocycles. The highest BCUT2D eigenvalue weighted by atomic mass is 16.3. The van der Waals surface area contributed by atoms with Crippen LogP contribution in [0.1, 0.15) is 40.4 Å². The third-order valence-corrected chi connectivity index (χ3v) is 5.59. The molecule has 26 heavy (non-hydrogen) atoms. The molecule has 0 radical (unpaired) electrons. The van der Waals surface area contributed by atoms with Gasteiger partial charge in [0.05, 0.1) is 23.2 Å². The Kier molecular flexibility index (Phi) is 4.05. The minimum absolute atomic E-state index is 0.0350. The molecule has 1 spiro atoms. The van der Waals surface area contributed by atoms with Crippen LogP contribution in [-0.4, -0.2) is 46.2 Å². The van der Waals surface area contributed by atoms with Crippen molar-refractivity contribution in [3.63, 3.8) is 0 Å². The van der Waals surface area contributed by atoms with Gasteiger partial charge >= 0.3 is 0 Å². The van der Waals surface area contributed by atoms with Crippen molar-refractivity contribution in [3.8, 4) is 0 Å². The molecule has 6 nitrogen and oxygen atoms in total. The van der Waals surface area contributed by atoms with Crippen LogP contribution in [0.5, 0.6) is 0 Å². The van der Waals surface area contributed by atoms with Gasteiger partial charge in [-0.2, -0.15) is 0 Å². The summed E-state index contributed by atoms with van der Waals surface area (Å²) in [6, 6.07) is 7.53. The quantitative estimate of drug-likeness (QED) is 0.850. The molecule has 1 atom stereocenters. The Morgan fingerprint density at radius 1 is 1.27 bits per heavy atom. The van der Waals surface area contributed by atoms with Crippen molar-refractivity contribution < 1.29 is 14.0 Å². The predicted octanol–water partition coefficient (Wildman–Crippen LogP) is 2.56. The van der Waals surface area contributed by atoms with Crippen molar-refractivity contribution in [2.24, 2.45) is 5.41 Å². The minimum atomic E-state index is -0.433. The molecule has 1 unspecified atom stereocenters. The molecule has 2 aromatic heterocycles. The Hall–Kier alpha value is -2.63. The predicted molar refractivity (Wildman–Crippen MR) is 95.4 cm³/mol. The zero-order valence-electron chi connectivity index (χ0n) is 15.2. The highest BCUT2D eigenvalue weighted by Crippen LogP contribution is 2.41. The minimum Gasteiger partial charge on any atom is -0.466 e. The van der Waals surface area contributed by atoms with Gasteiger partial charge in [-0.05, 0) is 44.9 Å². The first kappa shape index (κ1) is 16.8. The normalized spacial score (nSPS) is 22.6. The molecule has 4 heterocycles. The zero-order valence-corrected chi connectivity index (χ0v) is 15.2. The van der Waals surface area contributed by atoms with E-state index in [0.717, 1.165) is 30.8 Å². The number of furan rings is 1. The number of carbonyl (C=O) groups excluding carboxylic acids is 2. The average molecular weight is 353 g/mol. The molecule has 2 amide bonds. The Bertz CT molecular complexity index is 845. The fourth-order valence-corrected chi connectivity index (χ4v) is 4.17. The molecular formula is C20H23N3O3. The topological polar surface area (TPSA) is 66.7 Å². The summed E-state index contributed by atoms with van der Waals surface area (Å²) in [6.45, 7) is 6.02. The molecule has 6 heteroatoms. The van der Waals surface area contributed by atoms with Crippen LogP contribution in [-0.2, 0) is 11.3 Å². The van der Waals surface area contributed by atoms with E-state index < -0.39 is 5.41 Å². The number of aromatic nitrogens is 1. The van der Waals surface area contributed by atoms with Gasteiger partial charge in [0.2, 0.25) is 5.91 Å². The van der Waals surface area contributed by atoms with Gasteiger partial charge in [-0.25, -0.2) is 0 Å². The lowest BCUT2D eigenvalue weighted by Crippen LogP contribution is -2.38. The summed E-state index contributed by atoms with van der Waals surface area (Å²) >= 11 is 0. The monoisotopic (exact) mass is 353 g/mol. The average Bonchev–Trinajstić information content (AvgIpc) is 3.30. The second-order valence-corrected chi connectivity index (χ2v) is 7.38. The van der Waals surface area contributed by atoms with Gasteiger partial charge < -0.3 is 14.2 Å². The summed E-state index contributed by atoms with van der Waals surface area (Å²) in [5.74, 6) is 1.49. The van der Waals surface area contributed by atoms with Crippen molar-refractivity contribution in [2.45, 2.75) is 33.2 Å². The Morgan fingerprint density at radius 3 is 2.77 bits per heavy atom. The van der Waals surface area contributed by atoms with E-state index in [9.17, 15) is 9.59 Å². The number of rotatable bonds is 3. The van der Waals surface area contributed by atoms with Gasteiger partial charge in [-0.3, -0.25) is 14.6 Å². The Morgan fingerprint density at radius 2 is 2.08 bits per heavy atom. The largest absolute Gasteiger partial charge is 0.466 e. The molecular weight excluding hydrogens is 330 g/mol. The summed E-state index contributed by atoms with van der Waals surface area (Å²) in [6.07, 6.45) is 3.27. The highest BCUT2D eigenvalue weighted by Gasteiger charge is 2.51. The first-order chi connectivity index (χ1) is 12.5. The molecule has 0 aromatic carbocycles. The third-order valence-electron chi connectivity index (χ3n) is 5.59. The fraction of sp³-hybridized carbons (Fsp3) is 0.450. The van der Waals surface area contributed by atoms with Gasteiger partial charge in [-0.1, -0.05) is 6.07 Å². The van der Waals surface area contributed by atoms with Gasteiger partial charge in [0, 0.05) is 25.8 Å². The second-order valence-electron chi connectivity index (χ2n) is 7.38. The second kappa shape index (κ2) is 6.27. The maximum Gasteiger partial charge on any atom is 0.257 e. The lowest BCUT2D eigenvalue weighted by atomic mass is 9.85. The van der Waals surface area contributed by atoms with Crippen LogP contribution >= 0.6 is 0 Å². The molecule has 2 saturated heterocycles. The van der Waals surface area contributed by atoms with Gasteiger partial charge in [-0.15, -0.1) is 0 Å². The number of nitrogens with zero attached hydrogens (tertiary/aromatic N) is 3. The maximum atomic E-state index is 13.1. The van der Waals surface area contributed by atoms with Gasteiger partial charge in [0.25, 0.3) is 5.91 Å². The van der Waals surface area contributed by atoms with E-state index in [1.807, 2.05) is 30.0 Å². The molecule has 2 aromatic rings. The fourth-order valence-electron chi connectivity index (χ4n) is 4.17. The van der Waals surface area contributed by atoms with Crippen molar-refractivity contribution in [1.29, 1.82) is 0 Å². The van der Waals surface area contributed by atoms with Crippen LogP contribution in [0.2, 0.25) is 0 Å². The third kappa shape index (κ3) is 2.79.